The molecule has 2 unspecified atom stereocenters. The van der Waals surface area contributed by atoms with E-state index in [1.54, 1.807) is 0 Å². The minimum absolute atomic E-state index is 0.0181. The Labute approximate surface area is 396 Å². The van der Waals surface area contributed by atoms with E-state index in [0.29, 0.717) is 0 Å². The summed E-state index contributed by atoms with van der Waals surface area (Å²) in [5, 5.41) is 15.0. The SMILES string of the molecule is CC1C(c2cccc3c2sc2ccccc23)=NC(c2cc3c(cc2-n2c4cc5ccccc5cc4c4cc5ccccc5cc42)sc2ccccc23)=NC1c1cccc2c1sc1ccccc12. The first-order valence-corrected chi connectivity index (χ1v) is 25.4. The second-order valence-corrected chi connectivity index (χ2v) is 21.2. The van der Waals surface area contributed by atoms with Gasteiger partial charge in [0.15, 0.2) is 5.84 Å². The average molecular weight is 908 g/mol. The van der Waals surface area contributed by atoms with Gasteiger partial charge < -0.3 is 4.57 Å². The van der Waals surface area contributed by atoms with Crippen LogP contribution >= 0.6 is 34.0 Å². The van der Waals surface area contributed by atoms with Crippen LogP contribution in [0, 0.1) is 5.92 Å². The maximum absolute atomic E-state index is 5.95. The average Bonchev–Trinajstić information content (AvgIpc) is 4.13. The summed E-state index contributed by atoms with van der Waals surface area (Å²) in [5.74, 6) is 0.744. The topological polar surface area (TPSA) is 29.6 Å². The summed E-state index contributed by atoms with van der Waals surface area (Å²) in [7, 11) is 0. The van der Waals surface area contributed by atoms with Crippen LogP contribution in [0.5, 0.6) is 0 Å². The molecule has 0 fully saturated rings. The Bertz CT molecular complexity index is 4410. The lowest BCUT2D eigenvalue weighted by Crippen LogP contribution is -2.27. The number of fused-ring (bicyclic) bond motifs is 14. The fourth-order valence-corrected chi connectivity index (χ4v) is 14.7. The zero-order chi connectivity index (χ0) is 43.9. The summed E-state index contributed by atoms with van der Waals surface area (Å²) in [4.78, 5) is 11.8. The van der Waals surface area contributed by atoms with Gasteiger partial charge in [-0.1, -0.05) is 146 Å². The van der Waals surface area contributed by atoms with Crippen LogP contribution in [0.1, 0.15) is 29.7 Å². The summed E-state index contributed by atoms with van der Waals surface area (Å²) in [6.07, 6.45) is 0. The zero-order valence-corrected chi connectivity index (χ0v) is 38.6. The van der Waals surface area contributed by atoms with Crippen molar-refractivity contribution in [3.05, 3.63) is 211 Å². The highest BCUT2D eigenvalue weighted by atomic mass is 32.1. The molecule has 0 bridgehead atoms. The molecule has 0 spiro atoms. The van der Waals surface area contributed by atoms with Gasteiger partial charge in [-0.15, -0.1) is 34.0 Å². The Kier molecular flexibility index (Phi) is 8.03. The van der Waals surface area contributed by atoms with Gasteiger partial charge in [-0.05, 0) is 81.7 Å². The lowest BCUT2D eigenvalue weighted by atomic mass is 9.85. The number of hydrogen-bond acceptors (Lipinski definition) is 5. The Morgan fingerprint density at radius 3 is 1.55 bits per heavy atom. The molecule has 10 aromatic carbocycles. The molecule has 2 atom stereocenters. The molecule has 0 saturated heterocycles. The summed E-state index contributed by atoms with van der Waals surface area (Å²) in [6.45, 7) is 2.35. The molecule has 0 aliphatic carbocycles. The summed E-state index contributed by atoms with van der Waals surface area (Å²) in [6, 6.07) is 71.8. The van der Waals surface area contributed by atoms with E-state index in [2.05, 4.69) is 206 Å². The smallest absolute Gasteiger partial charge is 0.157 e. The Morgan fingerprint density at radius 1 is 0.403 bits per heavy atom. The minimum atomic E-state index is -0.197. The van der Waals surface area contributed by atoms with Crippen LogP contribution in [0.15, 0.2) is 204 Å². The van der Waals surface area contributed by atoms with Gasteiger partial charge >= 0.3 is 0 Å². The van der Waals surface area contributed by atoms with E-state index in [0.717, 1.165) is 22.8 Å². The van der Waals surface area contributed by atoms with E-state index in [9.17, 15) is 0 Å². The van der Waals surface area contributed by atoms with Crippen molar-refractivity contribution in [3.63, 3.8) is 0 Å². The van der Waals surface area contributed by atoms with Gasteiger partial charge in [-0.2, -0.15) is 0 Å². The van der Waals surface area contributed by atoms with Crippen LogP contribution in [0.3, 0.4) is 0 Å². The number of thiophene rings is 3. The van der Waals surface area contributed by atoms with Crippen molar-refractivity contribution in [2.75, 3.05) is 0 Å². The van der Waals surface area contributed by atoms with Crippen molar-refractivity contribution >= 4 is 149 Å². The molecule has 0 saturated carbocycles. The largest absolute Gasteiger partial charge is 0.308 e. The lowest BCUT2D eigenvalue weighted by Gasteiger charge is -2.29. The van der Waals surface area contributed by atoms with Gasteiger partial charge in [0.2, 0.25) is 0 Å². The van der Waals surface area contributed by atoms with Crippen molar-refractivity contribution in [3.8, 4) is 5.69 Å². The van der Waals surface area contributed by atoms with E-state index in [1.165, 1.54) is 115 Å². The van der Waals surface area contributed by atoms with Crippen LogP contribution in [0.2, 0.25) is 0 Å². The van der Waals surface area contributed by atoms with Crippen LogP contribution in [0.4, 0.5) is 0 Å². The van der Waals surface area contributed by atoms with E-state index in [4.69, 9.17) is 9.98 Å². The molecule has 3 nitrogen and oxygen atoms in total. The number of amidine groups is 1. The van der Waals surface area contributed by atoms with E-state index >= 15 is 0 Å². The second-order valence-electron chi connectivity index (χ2n) is 18.0. The summed E-state index contributed by atoms with van der Waals surface area (Å²) < 4.78 is 10.2. The van der Waals surface area contributed by atoms with E-state index in [-0.39, 0.29) is 12.0 Å². The summed E-state index contributed by atoms with van der Waals surface area (Å²) >= 11 is 5.62. The molecule has 314 valence electrons. The molecule has 14 aromatic rings. The number of nitrogens with zero attached hydrogens (tertiary/aromatic N) is 3. The van der Waals surface area contributed by atoms with Gasteiger partial charge in [0.05, 0.1) is 28.5 Å². The molecule has 0 N–H and O–H groups in total. The van der Waals surface area contributed by atoms with Crippen LogP contribution < -0.4 is 0 Å². The van der Waals surface area contributed by atoms with Crippen molar-refractivity contribution in [2.24, 2.45) is 15.9 Å². The lowest BCUT2D eigenvalue weighted by molar-refractivity contribution is 0.597. The van der Waals surface area contributed by atoms with Crippen LogP contribution in [-0.2, 0) is 0 Å². The van der Waals surface area contributed by atoms with Gasteiger partial charge in [-0.3, -0.25) is 4.99 Å². The Morgan fingerprint density at radius 2 is 0.910 bits per heavy atom. The minimum Gasteiger partial charge on any atom is -0.308 e. The molecule has 67 heavy (non-hydrogen) atoms. The molecule has 5 heterocycles. The third-order valence-corrected chi connectivity index (χ3v) is 17.9. The number of rotatable bonds is 4. The third-order valence-electron chi connectivity index (χ3n) is 14.3. The highest BCUT2D eigenvalue weighted by Gasteiger charge is 2.34. The molecular formula is C61H37N3S3. The number of hydrogen-bond donors (Lipinski definition) is 0. The van der Waals surface area contributed by atoms with Gasteiger partial charge in [-0.25, -0.2) is 4.99 Å². The molecule has 15 rings (SSSR count). The molecule has 0 amide bonds. The maximum atomic E-state index is 5.95. The monoisotopic (exact) mass is 907 g/mol. The van der Waals surface area contributed by atoms with E-state index < -0.39 is 0 Å². The van der Waals surface area contributed by atoms with Crippen molar-refractivity contribution in [2.45, 2.75) is 13.0 Å². The quantitative estimate of drug-likeness (QED) is 0.168. The van der Waals surface area contributed by atoms with Crippen LogP contribution in [0.25, 0.3) is 110 Å². The summed E-state index contributed by atoms with van der Waals surface area (Å²) in [5.41, 5.74) is 7.95. The predicted molar refractivity (Wildman–Crippen MR) is 292 cm³/mol. The van der Waals surface area contributed by atoms with Crippen molar-refractivity contribution < 1.29 is 0 Å². The van der Waals surface area contributed by atoms with E-state index in [1.807, 2.05) is 34.0 Å². The molecule has 1 aliphatic rings. The van der Waals surface area contributed by atoms with Gasteiger partial charge in [0, 0.05) is 88.3 Å². The van der Waals surface area contributed by atoms with Crippen molar-refractivity contribution in [1.29, 1.82) is 0 Å². The standard InChI is InChI=1S/C61H37N3S3/c1-34-57(44-23-12-21-42-39-18-6-10-26-54(39)66-59(42)44)62-61(63-58(34)45-24-13-22-43-40-19-7-11-27-55(40)67-60(43)45)49-32-48-41-20-8-9-25-53(41)65-56(48)33-52(49)64-50-30-37-16-4-2-14-35(37)28-46(50)47-29-36-15-3-5-17-38(36)31-51(47)64/h2-34,57H,1H3. The molecule has 4 aromatic heterocycles. The van der Waals surface area contributed by atoms with Crippen molar-refractivity contribution in [1.82, 2.24) is 4.57 Å². The van der Waals surface area contributed by atoms with Gasteiger partial charge in [0.1, 0.15) is 0 Å². The molecule has 0 radical (unpaired) electrons. The normalized spacial score (nSPS) is 15.7. The fourth-order valence-electron chi connectivity index (χ4n) is 11.1. The maximum Gasteiger partial charge on any atom is 0.157 e. The second kappa shape index (κ2) is 14.3. The highest BCUT2D eigenvalue weighted by molar-refractivity contribution is 7.26. The number of aliphatic imine (C=N–C) groups is 2. The first-order valence-electron chi connectivity index (χ1n) is 22.9. The third kappa shape index (κ3) is 5.55. The Hall–Kier alpha value is -7.48. The fraction of sp³-hybridized carbons (Fsp3) is 0.0492. The molecule has 1 aliphatic heterocycles. The first-order chi connectivity index (χ1) is 33.1. The predicted octanol–water partition coefficient (Wildman–Crippen LogP) is 17.8. The highest BCUT2D eigenvalue weighted by Crippen LogP contribution is 2.47. The molecular weight excluding hydrogens is 871 g/mol. The molecule has 6 heteroatoms. The van der Waals surface area contributed by atoms with Gasteiger partial charge in [0.25, 0.3) is 0 Å². The van der Waals surface area contributed by atoms with Crippen LogP contribution in [-0.4, -0.2) is 16.1 Å². The number of aromatic nitrogens is 1. The Balaban J connectivity index is 1.08. The number of benzene rings is 10. The first kappa shape index (κ1) is 37.7. The zero-order valence-electron chi connectivity index (χ0n) is 36.2.